The van der Waals surface area contributed by atoms with Gasteiger partial charge >= 0.3 is 0 Å². The molecule has 3 heterocycles. The molecule has 1 N–H and O–H groups in total. The van der Waals surface area contributed by atoms with E-state index in [4.69, 9.17) is 4.74 Å². The average Bonchev–Trinajstić information content (AvgIpc) is 3.25. The summed E-state index contributed by atoms with van der Waals surface area (Å²) in [5.74, 6) is 1.19. The average molecular weight is 331 g/mol. The predicted molar refractivity (Wildman–Crippen MR) is 90.8 cm³/mol. The lowest BCUT2D eigenvalue weighted by Crippen LogP contribution is -2.35. The maximum Gasteiger partial charge on any atom is 0.268 e. The lowest BCUT2D eigenvalue weighted by Gasteiger charge is -2.25. The van der Waals surface area contributed by atoms with Crippen LogP contribution in [0.3, 0.4) is 0 Å². The molecule has 0 saturated carbocycles. The number of carbonyl (C=O) groups excluding carboxylic acids is 1. The molecule has 122 valence electrons. The van der Waals surface area contributed by atoms with Crippen molar-refractivity contribution in [2.24, 2.45) is 5.92 Å². The number of rotatable bonds is 6. The summed E-state index contributed by atoms with van der Waals surface area (Å²) in [6, 6.07) is 5.75. The monoisotopic (exact) mass is 331 g/mol. The van der Waals surface area contributed by atoms with Crippen LogP contribution in [0.15, 0.2) is 36.0 Å². The van der Waals surface area contributed by atoms with Gasteiger partial charge in [-0.2, -0.15) is 0 Å². The van der Waals surface area contributed by atoms with Crippen LogP contribution in [0.1, 0.15) is 21.7 Å². The van der Waals surface area contributed by atoms with Crippen molar-refractivity contribution in [1.29, 1.82) is 0 Å². The number of hydrogen-bond acceptors (Lipinski definition) is 5. The molecule has 1 aliphatic rings. The third-order valence-corrected chi connectivity index (χ3v) is 4.95. The van der Waals surface area contributed by atoms with Gasteiger partial charge in [-0.15, -0.1) is 11.3 Å². The van der Waals surface area contributed by atoms with Gasteiger partial charge in [-0.05, 0) is 48.5 Å². The summed E-state index contributed by atoms with van der Waals surface area (Å²) in [5, 5.41) is 5.26. The summed E-state index contributed by atoms with van der Waals surface area (Å²) >= 11 is 1.43. The van der Waals surface area contributed by atoms with Gasteiger partial charge in [-0.25, -0.2) is 0 Å². The van der Waals surface area contributed by atoms with E-state index in [-0.39, 0.29) is 5.91 Å². The number of pyridine rings is 1. The smallest absolute Gasteiger partial charge is 0.268 e. The summed E-state index contributed by atoms with van der Waals surface area (Å²) in [6.07, 6.45) is 4.68. The van der Waals surface area contributed by atoms with Crippen LogP contribution < -0.4 is 10.1 Å². The molecule has 2 aromatic rings. The maximum atomic E-state index is 13.0. The number of hydrogen-bond donors (Lipinski definition) is 1. The maximum absolute atomic E-state index is 13.0. The minimum atomic E-state index is 0.0348. The third kappa shape index (κ3) is 3.89. The van der Waals surface area contributed by atoms with E-state index in [1.54, 1.807) is 13.3 Å². The second-order valence-electron chi connectivity index (χ2n) is 5.72. The third-order valence-electron chi connectivity index (χ3n) is 4.07. The van der Waals surface area contributed by atoms with Crippen molar-refractivity contribution >= 4 is 17.2 Å². The largest absolute Gasteiger partial charge is 0.495 e. The van der Waals surface area contributed by atoms with Gasteiger partial charge in [-0.3, -0.25) is 9.78 Å². The Hall–Kier alpha value is -1.92. The van der Waals surface area contributed by atoms with E-state index in [9.17, 15) is 4.79 Å². The summed E-state index contributed by atoms with van der Waals surface area (Å²) in [4.78, 5) is 19.7. The highest BCUT2D eigenvalue weighted by atomic mass is 32.1. The molecule has 1 fully saturated rings. The molecule has 0 aromatic carbocycles. The second-order valence-corrected chi connectivity index (χ2v) is 6.64. The second kappa shape index (κ2) is 7.57. The van der Waals surface area contributed by atoms with Crippen LogP contribution in [0.25, 0.3) is 0 Å². The molecule has 0 bridgehead atoms. The van der Waals surface area contributed by atoms with Crippen LogP contribution in [0.5, 0.6) is 5.75 Å². The minimum Gasteiger partial charge on any atom is -0.495 e. The van der Waals surface area contributed by atoms with Crippen molar-refractivity contribution in [1.82, 2.24) is 15.2 Å². The number of carbonyl (C=O) groups is 1. The molecule has 6 heteroatoms. The molecule has 0 radical (unpaired) electrons. The summed E-state index contributed by atoms with van der Waals surface area (Å²) < 4.78 is 5.32. The van der Waals surface area contributed by atoms with Gasteiger partial charge in [0.15, 0.2) is 0 Å². The van der Waals surface area contributed by atoms with E-state index in [1.807, 2.05) is 34.7 Å². The fourth-order valence-electron chi connectivity index (χ4n) is 2.87. The molecule has 3 rings (SSSR count). The predicted octanol–water partition coefficient (Wildman–Crippen LogP) is 2.40. The Morgan fingerprint density at radius 3 is 3.13 bits per heavy atom. The SMILES string of the molecule is COc1ccsc1C(=O)N(Cc1cccnc1)C[C@H]1CCNC1. The first-order chi connectivity index (χ1) is 11.3. The molecule has 0 unspecified atom stereocenters. The number of aromatic nitrogens is 1. The van der Waals surface area contributed by atoms with E-state index in [0.717, 1.165) is 31.6 Å². The molecule has 23 heavy (non-hydrogen) atoms. The Bertz CT molecular complexity index is 638. The lowest BCUT2D eigenvalue weighted by atomic mass is 10.1. The number of thiophene rings is 1. The van der Waals surface area contributed by atoms with E-state index >= 15 is 0 Å². The molecule has 2 aromatic heterocycles. The molecule has 0 aliphatic carbocycles. The van der Waals surface area contributed by atoms with Gasteiger partial charge in [0.2, 0.25) is 0 Å². The van der Waals surface area contributed by atoms with Crippen LogP contribution in [0.4, 0.5) is 0 Å². The zero-order valence-corrected chi connectivity index (χ0v) is 14.0. The summed E-state index contributed by atoms with van der Waals surface area (Å²) in [6.45, 7) is 3.33. The van der Waals surface area contributed by atoms with Crippen molar-refractivity contribution in [3.8, 4) is 5.75 Å². The lowest BCUT2D eigenvalue weighted by molar-refractivity contribution is 0.0720. The van der Waals surface area contributed by atoms with Gasteiger partial charge in [0.05, 0.1) is 7.11 Å². The molecule has 1 saturated heterocycles. The van der Waals surface area contributed by atoms with E-state index in [1.165, 1.54) is 11.3 Å². The minimum absolute atomic E-state index is 0.0348. The molecule has 1 atom stereocenters. The standard InChI is InChI=1S/C17H21N3O2S/c1-22-15-5-8-23-16(15)17(21)20(12-14-4-7-19-10-14)11-13-3-2-6-18-9-13/h2-3,5-6,8-9,14,19H,4,7,10-12H2,1H3/t14-/m0/s1. The van der Waals surface area contributed by atoms with E-state index in [2.05, 4.69) is 10.3 Å². The molecular formula is C17H21N3O2S. The van der Waals surface area contributed by atoms with Crippen molar-refractivity contribution < 1.29 is 9.53 Å². The van der Waals surface area contributed by atoms with Crippen molar-refractivity contribution in [2.75, 3.05) is 26.7 Å². The van der Waals surface area contributed by atoms with Crippen LogP contribution in [0, 0.1) is 5.92 Å². The molecule has 5 nitrogen and oxygen atoms in total. The van der Waals surface area contributed by atoms with Crippen LogP contribution in [0.2, 0.25) is 0 Å². The molecule has 1 aliphatic heterocycles. The Labute approximate surface area is 140 Å². The number of nitrogens with one attached hydrogen (secondary N) is 1. The zero-order valence-electron chi connectivity index (χ0n) is 13.2. The molecular weight excluding hydrogens is 310 g/mol. The number of methoxy groups -OCH3 is 1. The Morgan fingerprint density at radius 2 is 2.43 bits per heavy atom. The quantitative estimate of drug-likeness (QED) is 0.883. The highest BCUT2D eigenvalue weighted by Crippen LogP contribution is 2.27. The van der Waals surface area contributed by atoms with Gasteiger partial charge < -0.3 is 15.0 Å². The fraction of sp³-hybridized carbons (Fsp3) is 0.412. The summed E-state index contributed by atoms with van der Waals surface area (Å²) in [5.41, 5.74) is 1.04. The van der Waals surface area contributed by atoms with Crippen LogP contribution in [-0.4, -0.2) is 42.5 Å². The van der Waals surface area contributed by atoms with Gasteiger partial charge in [0.1, 0.15) is 10.6 Å². The van der Waals surface area contributed by atoms with E-state index < -0.39 is 0 Å². The number of nitrogens with zero attached hydrogens (tertiary/aromatic N) is 2. The number of ether oxygens (including phenoxy) is 1. The number of amides is 1. The van der Waals surface area contributed by atoms with Crippen molar-refractivity contribution in [2.45, 2.75) is 13.0 Å². The van der Waals surface area contributed by atoms with Crippen LogP contribution >= 0.6 is 11.3 Å². The Morgan fingerprint density at radius 1 is 1.52 bits per heavy atom. The fourth-order valence-corrected chi connectivity index (χ4v) is 3.70. The Balaban J connectivity index is 1.80. The van der Waals surface area contributed by atoms with Crippen LogP contribution in [-0.2, 0) is 6.54 Å². The molecule has 1 amide bonds. The Kier molecular flexibility index (Phi) is 5.25. The zero-order chi connectivity index (χ0) is 16.1. The first-order valence-electron chi connectivity index (χ1n) is 7.78. The van der Waals surface area contributed by atoms with Gasteiger partial charge in [-0.1, -0.05) is 6.07 Å². The van der Waals surface area contributed by atoms with Gasteiger partial charge in [0.25, 0.3) is 5.91 Å². The first kappa shape index (κ1) is 16.0. The van der Waals surface area contributed by atoms with Gasteiger partial charge in [0, 0.05) is 25.5 Å². The normalized spacial score (nSPS) is 17.2. The van der Waals surface area contributed by atoms with Crippen molar-refractivity contribution in [3.63, 3.8) is 0 Å². The highest BCUT2D eigenvalue weighted by molar-refractivity contribution is 7.12. The van der Waals surface area contributed by atoms with Crippen molar-refractivity contribution in [3.05, 3.63) is 46.4 Å². The summed E-state index contributed by atoms with van der Waals surface area (Å²) in [7, 11) is 1.60. The molecule has 0 spiro atoms. The van der Waals surface area contributed by atoms with E-state index in [0.29, 0.717) is 23.1 Å². The highest BCUT2D eigenvalue weighted by Gasteiger charge is 2.25. The first-order valence-corrected chi connectivity index (χ1v) is 8.66. The topological polar surface area (TPSA) is 54.5 Å².